The van der Waals surface area contributed by atoms with E-state index in [2.05, 4.69) is 20.8 Å². The summed E-state index contributed by atoms with van der Waals surface area (Å²) in [5.74, 6) is 1.02. The van der Waals surface area contributed by atoms with Gasteiger partial charge in [-0.1, -0.05) is 129 Å². The molecule has 0 spiro atoms. The summed E-state index contributed by atoms with van der Waals surface area (Å²) < 4.78 is 0. The van der Waals surface area contributed by atoms with Crippen molar-refractivity contribution < 1.29 is 9.90 Å². The van der Waals surface area contributed by atoms with Crippen LogP contribution in [-0.2, 0) is 4.79 Å². The Balaban J connectivity index is 3.35. The van der Waals surface area contributed by atoms with Gasteiger partial charge in [-0.05, 0) is 31.6 Å². The first-order valence-electron chi connectivity index (χ1n) is 12.9. The molecule has 2 heteroatoms. The second-order valence-electron chi connectivity index (χ2n) is 9.69. The maximum Gasteiger partial charge on any atom is 0.328 e. The third kappa shape index (κ3) is 21.7. The standard InChI is InChI=1S/C27H52O2/c1-5-6-13-18-24(2)20-16-12-17-21-25(3)19-14-10-8-7-9-11-15-22-26(4)23-27(28)29/h23-25H,5-22H2,1-4H3,(H,28,29). The lowest BCUT2D eigenvalue weighted by atomic mass is 9.93. The highest BCUT2D eigenvalue weighted by Gasteiger charge is 2.04. The van der Waals surface area contributed by atoms with Crippen LogP contribution in [0.2, 0.25) is 0 Å². The van der Waals surface area contributed by atoms with Crippen molar-refractivity contribution in [2.24, 2.45) is 11.8 Å². The number of carbonyl (C=O) groups is 1. The average Bonchev–Trinajstić information content (AvgIpc) is 2.66. The van der Waals surface area contributed by atoms with Gasteiger partial charge in [-0.25, -0.2) is 4.79 Å². The van der Waals surface area contributed by atoms with Gasteiger partial charge >= 0.3 is 5.97 Å². The number of rotatable bonds is 21. The van der Waals surface area contributed by atoms with Crippen molar-refractivity contribution in [2.45, 2.75) is 143 Å². The second kappa shape index (κ2) is 20.5. The molecule has 0 bridgehead atoms. The van der Waals surface area contributed by atoms with Crippen LogP contribution in [0.4, 0.5) is 0 Å². The van der Waals surface area contributed by atoms with Gasteiger partial charge < -0.3 is 5.11 Å². The maximum absolute atomic E-state index is 10.6. The quantitative estimate of drug-likeness (QED) is 0.152. The van der Waals surface area contributed by atoms with Crippen molar-refractivity contribution >= 4 is 5.97 Å². The predicted octanol–water partition coefficient (Wildman–Crippen LogP) is 9.33. The Morgan fingerprint density at radius 1 is 0.690 bits per heavy atom. The van der Waals surface area contributed by atoms with Gasteiger partial charge in [0.15, 0.2) is 0 Å². The van der Waals surface area contributed by atoms with Crippen LogP contribution in [0.15, 0.2) is 11.6 Å². The zero-order valence-corrected chi connectivity index (χ0v) is 20.3. The highest BCUT2D eigenvalue weighted by molar-refractivity contribution is 5.80. The van der Waals surface area contributed by atoms with E-state index >= 15 is 0 Å². The molecule has 0 amide bonds. The zero-order valence-electron chi connectivity index (χ0n) is 20.3. The van der Waals surface area contributed by atoms with Gasteiger partial charge in [0.05, 0.1) is 0 Å². The predicted molar refractivity (Wildman–Crippen MR) is 129 cm³/mol. The lowest BCUT2D eigenvalue weighted by molar-refractivity contribution is -0.131. The van der Waals surface area contributed by atoms with Gasteiger partial charge in [0.25, 0.3) is 0 Å². The van der Waals surface area contributed by atoms with Crippen molar-refractivity contribution in [3.8, 4) is 0 Å². The molecule has 0 aliphatic heterocycles. The molecule has 2 nitrogen and oxygen atoms in total. The third-order valence-corrected chi connectivity index (χ3v) is 6.33. The minimum Gasteiger partial charge on any atom is -0.478 e. The largest absolute Gasteiger partial charge is 0.478 e. The normalized spacial score (nSPS) is 14.1. The van der Waals surface area contributed by atoms with E-state index in [1.54, 1.807) is 0 Å². The maximum atomic E-state index is 10.6. The van der Waals surface area contributed by atoms with Gasteiger partial charge in [0.1, 0.15) is 0 Å². The fraction of sp³-hybridized carbons (Fsp3) is 0.889. The lowest BCUT2D eigenvalue weighted by Crippen LogP contribution is -1.97. The molecule has 0 radical (unpaired) electrons. The van der Waals surface area contributed by atoms with Crippen molar-refractivity contribution in [3.63, 3.8) is 0 Å². The van der Waals surface area contributed by atoms with E-state index in [-0.39, 0.29) is 0 Å². The number of allylic oxidation sites excluding steroid dienone is 1. The molecule has 0 rings (SSSR count). The van der Waals surface area contributed by atoms with Crippen LogP contribution in [0.25, 0.3) is 0 Å². The molecule has 0 aliphatic carbocycles. The van der Waals surface area contributed by atoms with E-state index in [1.807, 2.05) is 6.92 Å². The third-order valence-electron chi connectivity index (χ3n) is 6.33. The number of unbranched alkanes of at least 4 members (excludes halogenated alkanes) is 10. The molecule has 1 N–H and O–H groups in total. The Bertz CT molecular complexity index is 399. The monoisotopic (exact) mass is 408 g/mol. The van der Waals surface area contributed by atoms with Crippen LogP contribution in [0.3, 0.4) is 0 Å². The first-order chi connectivity index (χ1) is 14.0. The summed E-state index contributed by atoms with van der Waals surface area (Å²) in [5, 5.41) is 8.69. The zero-order chi connectivity index (χ0) is 21.7. The van der Waals surface area contributed by atoms with Crippen LogP contribution in [0.1, 0.15) is 143 Å². The molecule has 0 aromatic rings. The van der Waals surface area contributed by atoms with Crippen LogP contribution in [0.5, 0.6) is 0 Å². The average molecular weight is 409 g/mol. The molecule has 0 saturated heterocycles. The molecule has 172 valence electrons. The minimum absolute atomic E-state index is 0.816. The molecule has 0 fully saturated rings. The molecule has 2 atom stereocenters. The summed E-state index contributed by atoms with van der Waals surface area (Å²) in [6.07, 6.45) is 25.6. The van der Waals surface area contributed by atoms with Gasteiger partial charge in [0, 0.05) is 6.08 Å². The summed E-state index contributed by atoms with van der Waals surface area (Å²) in [6, 6.07) is 0. The highest BCUT2D eigenvalue weighted by atomic mass is 16.4. The number of hydrogen-bond donors (Lipinski definition) is 1. The van der Waals surface area contributed by atoms with Crippen molar-refractivity contribution in [3.05, 3.63) is 11.6 Å². The SMILES string of the molecule is CCCCCC(C)CCCCCC(C)CCCCCCCCCC(C)=CC(=O)O. The van der Waals surface area contributed by atoms with Gasteiger partial charge in [-0.15, -0.1) is 0 Å². The Morgan fingerprint density at radius 2 is 1.07 bits per heavy atom. The molecule has 0 heterocycles. The van der Waals surface area contributed by atoms with E-state index in [1.165, 1.54) is 109 Å². The summed E-state index contributed by atoms with van der Waals surface area (Å²) >= 11 is 0. The smallest absolute Gasteiger partial charge is 0.328 e. The molecule has 0 aromatic heterocycles. The minimum atomic E-state index is -0.816. The summed E-state index contributed by atoms with van der Waals surface area (Å²) in [7, 11) is 0. The molecule has 0 saturated carbocycles. The van der Waals surface area contributed by atoms with Gasteiger partial charge in [-0.3, -0.25) is 0 Å². The summed E-state index contributed by atoms with van der Waals surface area (Å²) in [6.45, 7) is 9.10. The first kappa shape index (κ1) is 28.2. The fourth-order valence-electron chi connectivity index (χ4n) is 4.26. The van der Waals surface area contributed by atoms with Gasteiger partial charge in [-0.2, -0.15) is 0 Å². The molecular formula is C27H52O2. The number of carboxylic acid groups (broad SMARTS) is 1. The van der Waals surface area contributed by atoms with Crippen LogP contribution in [-0.4, -0.2) is 11.1 Å². The van der Waals surface area contributed by atoms with E-state index in [0.29, 0.717) is 0 Å². The first-order valence-corrected chi connectivity index (χ1v) is 12.9. The van der Waals surface area contributed by atoms with Crippen molar-refractivity contribution in [2.75, 3.05) is 0 Å². The Kier molecular flexibility index (Phi) is 19.9. The molecule has 0 aliphatic rings. The lowest BCUT2D eigenvalue weighted by Gasteiger charge is -2.13. The number of hydrogen-bond acceptors (Lipinski definition) is 1. The van der Waals surface area contributed by atoms with E-state index in [9.17, 15) is 4.79 Å². The van der Waals surface area contributed by atoms with Crippen LogP contribution < -0.4 is 0 Å². The van der Waals surface area contributed by atoms with E-state index in [4.69, 9.17) is 5.11 Å². The Morgan fingerprint density at radius 3 is 1.52 bits per heavy atom. The molecule has 29 heavy (non-hydrogen) atoms. The highest BCUT2D eigenvalue weighted by Crippen LogP contribution is 2.21. The number of aliphatic carboxylic acids is 1. The van der Waals surface area contributed by atoms with Crippen molar-refractivity contribution in [1.29, 1.82) is 0 Å². The molecular weight excluding hydrogens is 356 g/mol. The fourth-order valence-corrected chi connectivity index (χ4v) is 4.26. The van der Waals surface area contributed by atoms with E-state index in [0.717, 1.165) is 30.3 Å². The Labute approximate surface area is 182 Å². The summed E-state index contributed by atoms with van der Waals surface area (Å²) in [5.41, 5.74) is 0.993. The summed E-state index contributed by atoms with van der Waals surface area (Å²) in [4.78, 5) is 10.6. The van der Waals surface area contributed by atoms with Crippen LogP contribution in [0, 0.1) is 11.8 Å². The molecule has 2 unspecified atom stereocenters. The van der Waals surface area contributed by atoms with Crippen molar-refractivity contribution in [1.82, 2.24) is 0 Å². The van der Waals surface area contributed by atoms with E-state index < -0.39 is 5.97 Å². The van der Waals surface area contributed by atoms with Gasteiger partial charge in [0.2, 0.25) is 0 Å². The Hall–Kier alpha value is -0.790. The second-order valence-corrected chi connectivity index (χ2v) is 9.69. The van der Waals surface area contributed by atoms with Crippen LogP contribution >= 0.6 is 0 Å². The molecule has 0 aromatic carbocycles. The number of carboxylic acids is 1. The topological polar surface area (TPSA) is 37.3 Å².